The Morgan fingerprint density at radius 2 is 1.75 bits per heavy atom. The fourth-order valence-corrected chi connectivity index (χ4v) is 1.89. The number of halogens is 6. The highest BCUT2D eigenvalue weighted by atomic mass is 19.4. The van der Waals surface area contributed by atoms with Crippen LogP contribution in [0.3, 0.4) is 0 Å². The van der Waals surface area contributed by atoms with E-state index in [1.165, 1.54) is 11.7 Å². The molecule has 1 unspecified atom stereocenters. The maximum absolute atomic E-state index is 12.8. The third-order valence-corrected chi connectivity index (χ3v) is 2.74. The monoisotopic (exact) mass is 303 g/mol. The van der Waals surface area contributed by atoms with Gasteiger partial charge in [-0.15, -0.1) is 0 Å². The molecular formula is C11H15F6N3. The summed E-state index contributed by atoms with van der Waals surface area (Å²) in [5.74, 6) is -3.47. The average molecular weight is 303 g/mol. The van der Waals surface area contributed by atoms with Gasteiger partial charge < -0.3 is 5.32 Å². The molecular weight excluding hydrogens is 288 g/mol. The molecule has 0 aliphatic carbocycles. The summed E-state index contributed by atoms with van der Waals surface area (Å²) in [7, 11) is 1.43. The van der Waals surface area contributed by atoms with Gasteiger partial charge in [-0.25, -0.2) is 0 Å². The lowest BCUT2D eigenvalue weighted by Gasteiger charge is -2.30. The quantitative estimate of drug-likeness (QED) is 0.847. The summed E-state index contributed by atoms with van der Waals surface area (Å²) < 4.78 is 78.0. The second-order valence-electron chi connectivity index (χ2n) is 4.44. The van der Waals surface area contributed by atoms with Crippen molar-refractivity contribution < 1.29 is 26.3 Å². The van der Waals surface area contributed by atoms with Crippen molar-refractivity contribution in [3.8, 4) is 0 Å². The van der Waals surface area contributed by atoms with Crippen LogP contribution in [-0.2, 0) is 7.05 Å². The number of alkyl halides is 6. The Kier molecular flexibility index (Phi) is 5.06. The highest BCUT2D eigenvalue weighted by Crippen LogP contribution is 2.46. The molecule has 1 aromatic rings. The Morgan fingerprint density at radius 1 is 1.20 bits per heavy atom. The van der Waals surface area contributed by atoms with Gasteiger partial charge in [0.15, 0.2) is 5.92 Å². The van der Waals surface area contributed by atoms with Crippen molar-refractivity contribution >= 4 is 0 Å². The van der Waals surface area contributed by atoms with E-state index in [-0.39, 0.29) is 12.1 Å². The summed E-state index contributed by atoms with van der Waals surface area (Å²) in [6.45, 7) is 1.70. The van der Waals surface area contributed by atoms with E-state index in [4.69, 9.17) is 0 Å². The van der Waals surface area contributed by atoms with Crippen LogP contribution in [0.2, 0.25) is 0 Å². The number of aromatic nitrogens is 2. The first-order valence-electron chi connectivity index (χ1n) is 5.92. The van der Waals surface area contributed by atoms with E-state index < -0.39 is 24.3 Å². The number of hydrogen-bond acceptors (Lipinski definition) is 2. The molecule has 0 bridgehead atoms. The van der Waals surface area contributed by atoms with Gasteiger partial charge in [-0.1, -0.05) is 6.92 Å². The third-order valence-electron chi connectivity index (χ3n) is 2.74. The molecule has 1 N–H and O–H groups in total. The standard InChI is InChI=1S/C11H15F6N3/c1-3-4-18-8(7-5-19-20(2)6-7)9(10(12,13)14)11(15,16)17/h5-6,8-9,18H,3-4H2,1-2H3. The van der Waals surface area contributed by atoms with Gasteiger partial charge in [-0.05, 0) is 13.0 Å². The van der Waals surface area contributed by atoms with Gasteiger partial charge in [0.2, 0.25) is 0 Å². The molecule has 116 valence electrons. The van der Waals surface area contributed by atoms with E-state index in [1.54, 1.807) is 6.92 Å². The molecule has 3 nitrogen and oxygen atoms in total. The molecule has 9 heteroatoms. The Morgan fingerprint density at radius 3 is 2.10 bits per heavy atom. The van der Waals surface area contributed by atoms with Gasteiger partial charge >= 0.3 is 12.4 Å². The van der Waals surface area contributed by atoms with Crippen LogP contribution in [0.25, 0.3) is 0 Å². The normalized spacial score (nSPS) is 14.8. The van der Waals surface area contributed by atoms with Gasteiger partial charge in [0.1, 0.15) is 0 Å². The zero-order chi connectivity index (χ0) is 15.6. The second-order valence-corrected chi connectivity index (χ2v) is 4.44. The van der Waals surface area contributed by atoms with Crippen molar-refractivity contribution in [1.82, 2.24) is 15.1 Å². The molecule has 0 saturated heterocycles. The van der Waals surface area contributed by atoms with Crippen LogP contribution in [0.5, 0.6) is 0 Å². The summed E-state index contributed by atoms with van der Waals surface area (Å²) in [6.07, 6.45) is -8.20. The molecule has 0 aliphatic heterocycles. The van der Waals surface area contributed by atoms with Crippen molar-refractivity contribution in [3.63, 3.8) is 0 Å². The lowest BCUT2D eigenvalue weighted by atomic mass is 9.93. The SMILES string of the molecule is CCCNC(c1cnn(C)c1)C(C(F)(F)F)C(F)(F)F. The first-order valence-corrected chi connectivity index (χ1v) is 5.92. The summed E-state index contributed by atoms with van der Waals surface area (Å²) in [4.78, 5) is 0. The number of aryl methyl sites for hydroxylation is 1. The maximum Gasteiger partial charge on any atom is 0.402 e. The molecule has 0 amide bonds. The number of rotatable bonds is 5. The minimum absolute atomic E-state index is 0.0439. The van der Waals surface area contributed by atoms with E-state index >= 15 is 0 Å². The van der Waals surface area contributed by atoms with Crippen LogP contribution in [0.15, 0.2) is 12.4 Å². The smallest absolute Gasteiger partial charge is 0.309 e. The number of hydrogen-bond donors (Lipinski definition) is 1. The summed E-state index contributed by atoms with van der Waals surface area (Å²) in [6, 6.07) is -1.90. The molecule has 1 rings (SSSR count). The summed E-state index contributed by atoms with van der Waals surface area (Å²) in [5.41, 5.74) is -0.138. The molecule has 1 atom stereocenters. The van der Waals surface area contributed by atoms with Gasteiger partial charge in [0.25, 0.3) is 0 Å². The van der Waals surface area contributed by atoms with Gasteiger partial charge in [-0.2, -0.15) is 31.4 Å². The van der Waals surface area contributed by atoms with E-state index in [0.29, 0.717) is 6.42 Å². The second kappa shape index (κ2) is 6.02. The number of nitrogens with zero attached hydrogens (tertiary/aromatic N) is 2. The fourth-order valence-electron chi connectivity index (χ4n) is 1.89. The Balaban J connectivity index is 3.18. The maximum atomic E-state index is 12.8. The minimum Gasteiger partial charge on any atom is -0.309 e. The Labute approximate surface area is 112 Å². The van der Waals surface area contributed by atoms with Crippen LogP contribution in [0.4, 0.5) is 26.3 Å². The van der Waals surface area contributed by atoms with Crippen LogP contribution in [0.1, 0.15) is 24.9 Å². The predicted octanol–water partition coefficient (Wildman–Crippen LogP) is 3.20. The lowest BCUT2D eigenvalue weighted by molar-refractivity contribution is -0.292. The first kappa shape index (κ1) is 16.8. The molecule has 0 fully saturated rings. The Hall–Kier alpha value is -1.25. The molecule has 0 aromatic carbocycles. The predicted molar refractivity (Wildman–Crippen MR) is 59.8 cm³/mol. The highest BCUT2D eigenvalue weighted by Gasteiger charge is 2.60. The summed E-state index contributed by atoms with van der Waals surface area (Å²) >= 11 is 0. The summed E-state index contributed by atoms with van der Waals surface area (Å²) in [5, 5.41) is 5.95. The molecule has 0 aliphatic rings. The first-order chi connectivity index (χ1) is 9.07. The molecule has 0 saturated carbocycles. The number of nitrogens with one attached hydrogen (secondary N) is 1. The van der Waals surface area contributed by atoms with Crippen LogP contribution in [-0.4, -0.2) is 28.7 Å². The molecule has 1 aromatic heterocycles. The lowest BCUT2D eigenvalue weighted by Crippen LogP contribution is -2.46. The topological polar surface area (TPSA) is 29.9 Å². The molecule has 0 radical (unpaired) electrons. The van der Waals surface area contributed by atoms with Crippen molar-refractivity contribution in [2.24, 2.45) is 13.0 Å². The van der Waals surface area contributed by atoms with Crippen molar-refractivity contribution in [2.75, 3.05) is 6.54 Å². The molecule has 0 spiro atoms. The molecule has 1 heterocycles. The van der Waals surface area contributed by atoms with Crippen LogP contribution >= 0.6 is 0 Å². The van der Waals surface area contributed by atoms with Crippen LogP contribution < -0.4 is 5.32 Å². The van der Waals surface area contributed by atoms with Crippen molar-refractivity contribution in [1.29, 1.82) is 0 Å². The van der Waals surface area contributed by atoms with Crippen molar-refractivity contribution in [2.45, 2.75) is 31.7 Å². The van der Waals surface area contributed by atoms with Crippen LogP contribution in [0, 0.1) is 5.92 Å². The zero-order valence-corrected chi connectivity index (χ0v) is 10.9. The molecule has 20 heavy (non-hydrogen) atoms. The van der Waals surface area contributed by atoms with E-state index in [1.807, 2.05) is 0 Å². The van der Waals surface area contributed by atoms with Gasteiger partial charge in [-0.3, -0.25) is 4.68 Å². The van der Waals surface area contributed by atoms with Crippen molar-refractivity contribution in [3.05, 3.63) is 18.0 Å². The zero-order valence-electron chi connectivity index (χ0n) is 10.9. The fraction of sp³-hybridized carbons (Fsp3) is 0.727. The minimum atomic E-state index is -5.39. The Bertz CT molecular complexity index is 409. The average Bonchev–Trinajstić information content (AvgIpc) is 2.67. The highest BCUT2D eigenvalue weighted by molar-refractivity contribution is 5.13. The van der Waals surface area contributed by atoms with Gasteiger partial charge in [0.05, 0.1) is 12.2 Å². The van der Waals surface area contributed by atoms with E-state index in [0.717, 1.165) is 12.4 Å². The van der Waals surface area contributed by atoms with E-state index in [2.05, 4.69) is 10.4 Å². The largest absolute Gasteiger partial charge is 0.402 e. The van der Waals surface area contributed by atoms with Gasteiger partial charge in [0, 0.05) is 18.8 Å². The van der Waals surface area contributed by atoms with E-state index in [9.17, 15) is 26.3 Å². The third kappa shape index (κ3) is 4.12.